The number of benzene rings is 1. The van der Waals surface area contributed by atoms with Crippen LogP contribution >= 0.6 is 27.7 Å². The van der Waals surface area contributed by atoms with E-state index in [9.17, 15) is 4.39 Å². The van der Waals surface area contributed by atoms with Crippen LogP contribution in [-0.4, -0.2) is 18.6 Å². The Kier molecular flexibility index (Phi) is 6.39. The Bertz CT molecular complexity index is 313. The molecule has 4 heteroatoms. The lowest BCUT2D eigenvalue weighted by Crippen LogP contribution is -2.22. The highest BCUT2D eigenvalue weighted by molar-refractivity contribution is 9.10. The van der Waals surface area contributed by atoms with E-state index in [4.69, 9.17) is 0 Å². The second kappa shape index (κ2) is 7.30. The van der Waals surface area contributed by atoms with Crippen molar-refractivity contribution in [2.45, 2.75) is 13.5 Å². The first-order valence-electron chi connectivity index (χ1n) is 5.26. The predicted octanol–water partition coefficient (Wildman–Crippen LogP) is 3.68. The second-order valence-electron chi connectivity index (χ2n) is 3.97. The summed E-state index contributed by atoms with van der Waals surface area (Å²) in [5.41, 5.74) is 0.975. The number of hydrogen-bond donors (Lipinski definition) is 1. The van der Waals surface area contributed by atoms with E-state index >= 15 is 0 Å². The summed E-state index contributed by atoms with van der Waals surface area (Å²) in [5.74, 6) is 1.61. The second-order valence-corrected chi connectivity index (χ2v) is 5.80. The molecule has 0 spiro atoms. The molecule has 0 heterocycles. The van der Waals surface area contributed by atoms with Crippen molar-refractivity contribution < 1.29 is 4.39 Å². The molecule has 1 aromatic carbocycles. The van der Waals surface area contributed by atoms with Crippen LogP contribution < -0.4 is 5.32 Å². The maximum atomic E-state index is 13.1. The minimum Gasteiger partial charge on any atom is -0.312 e. The Morgan fingerprint density at radius 1 is 1.44 bits per heavy atom. The van der Waals surface area contributed by atoms with E-state index < -0.39 is 0 Å². The smallest absolute Gasteiger partial charge is 0.124 e. The molecule has 0 aliphatic rings. The van der Waals surface area contributed by atoms with Crippen molar-refractivity contribution in [3.63, 3.8) is 0 Å². The largest absolute Gasteiger partial charge is 0.312 e. The van der Waals surface area contributed by atoms with Gasteiger partial charge in [0.1, 0.15) is 5.82 Å². The molecule has 0 radical (unpaired) electrons. The summed E-state index contributed by atoms with van der Waals surface area (Å²) in [6.07, 6.45) is 2.11. The van der Waals surface area contributed by atoms with Crippen LogP contribution in [-0.2, 0) is 6.54 Å². The van der Waals surface area contributed by atoms with E-state index in [1.807, 2.05) is 17.8 Å². The van der Waals surface area contributed by atoms with Crippen LogP contribution in [0.25, 0.3) is 0 Å². The molecule has 0 aliphatic heterocycles. The lowest BCUT2D eigenvalue weighted by molar-refractivity contribution is 0.556. The first-order valence-corrected chi connectivity index (χ1v) is 7.45. The molecule has 1 atom stereocenters. The molecule has 16 heavy (non-hydrogen) atoms. The Hall–Kier alpha value is -0.0600. The fourth-order valence-corrected chi connectivity index (χ4v) is 2.72. The van der Waals surface area contributed by atoms with Gasteiger partial charge in [-0.2, -0.15) is 11.8 Å². The lowest BCUT2D eigenvalue weighted by atomic mass is 10.2. The van der Waals surface area contributed by atoms with Gasteiger partial charge in [0.05, 0.1) is 0 Å². The molecule has 90 valence electrons. The number of rotatable bonds is 6. The quantitative estimate of drug-likeness (QED) is 0.860. The predicted molar refractivity (Wildman–Crippen MR) is 73.4 cm³/mol. The molecule has 1 rings (SSSR count). The molecule has 1 N–H and O–H groups in total. The van der Waals surface area contributed by atoms with Crippen molar-refractivity contribution in [1.82, 2.24) is 5.32 Å². The third kappa shape index (κ3) is 5.32. The number of hydrogen-bond acceptors (Lipinski definition) is 2. The van der Waals surface area contributed by atoms with Crippen LogP contribution in [0.2, 0.25) is 0 Å². The van der Waals surface area contributed by atoms with E-state index in [2.05, 4.69) is 34.4 Å². The van der Waals surface area contributed by atoms with Crippen LogP contribution in [0.15, 0.2) is 22.7 Å². The fraction of sp³-hybridized carbons (Fsp3) is 0.500. The zero-order chi connectivity index (χ0) is 12.0. The molecule has 0 bridgehead atoms. The number of halogens is 2. The van der Waals surface area contributed by atoms with Crippen LogP contribution in [0.4, 0.5) is 4.39 Å². The number of thioether (sulfide) groups is 1. The Morgan fingerprint density at radius 3 is 2.81 bits per heavy atom. The Labute approximate surface area is 109 Å². The first kappa shape index (κ1) is 14.0. The summed E-state index contributed by atoms with van der Waals surface area (Å²) in [5, 5.41) is 3.34. The van der Waals surface area contributed by atoms with Gasteiger partial charge in [0.2, 0.25) is 0 Å². The molecule has 1 aromatic rings. The summed E-state index contributed by atoms with van der Waals surface area (Å²) >= 11 is 5.14. The minimum absolute atomic E-state index is 0.191. The molecule has 1 unspecified atom stereocenters. The maximum Gasteiger partial charge on any atom is 0.124 e. The van der Waals surface area contributed by atoms with E-state index in [0.29, 0.717) is 5.92 Å². The normalized spacial score (nSPS) is 12.8. The SMILES string of the molecule is CSCC(C)CNCc1cc(F)cc(Br)c1. The average Bonchev–Trinajstić information content (AvgIpc) is 2.16. The van der Waals surface area contributed by atoms with Gasteiger partial charge < -0.3 is 5.32 Å². The number of nitrogens with one attached hydrogen (secondary N) is 1. The monoisotopic (exact) mass is 305 g/mol. The van der Waals surface area contributed by atoms with Crippen molar-refractivity contribution in [3.8, 4) is 0 Å². The Balaban J connectivity index is 2.37. The van der Waals surface area contributed by atoms with Gasteiger partial charge in [0.15, 0.2) is 0 Å². The highest BCUT2D eigenvalue weighted by atomic mass is 79.9. The van der Waals surface area contributed by atoms with Crippen LogP contribution in [0.5, 0.6) is 0 Å². The third-order valence-electron chi connectivity index (χ3n) is 2.20. The molecule has 0 saturated heterocycles. The van der Waals surface area contributed by atoms with Gasteiger partial charge in [-0.15, -0.1) is 0 Å². The molecular weight excluding hydrogens is 289 g/mol. The molecule has 1 nitrogen and oxygen atoms in total. The van der Waals surface area contributed by atoms with Crippen molar-refractivity contribution in [3.05, 3.63) is 34.1 Å². The van der Waals surface area contributed by atoms with E-state index in [1.54, 1.807) is 6.07 Å². The van der Waals surface area contributed by atoms with E-state index in [-0.39, 0.29) is 5.82 Å². The minimum atomic E-state index is -0.191. The molecule has 0 aromatic heterocycles. The van der Waals surface area contributed by atoms with Gasteiger partial charge in [0, 0.05) is 11.0 Å². The van der Waals surface area contributed by atoms with Gasteiger partial charge >= 0.3 is 0 Å². The summed E-state index contributed by atoms with van der Waals surface area (Å²) in [4.78, 5) is 0. The van der Waals surface area contributed by atoms with Crippen LogP contribution in [0, 0.1) is 11.7 Å². The van der Waals surface area contributed by atoms with Crippen molar-refractivity contribution in [2.75, 3.05) is 18.6 Å². The zero-order valence-corrected chi connectivity index (χ0v) is 12.0. The van der Waals surface area contributed by atoms with E-state index in [1.165, 1.54) is 6.07 Å². The average molecular weight is 306 g/mol. The topological polar surface area (TPSA) is 12.0 Å². The van der Waals surface area contributed by atoms with Crippen LogP contribution in [0.1, 0.15) is 12.5 Å². The van der Waals surface area contributed by atoms with Crippen molar-refractivity contribution in [1.29, 1.82) is 0 Å². The van der Waals surface area contributed by atoms with E-state index in [0.717, 1.165) is 28.9 Å². The van der Waals surface area contributed by atoms with Gasteiger partial charge in [-0.3, -0.25) is 0 Å². The van der Waals surface area contributed by atoms with Gasteiger partial charge in [-0.1, -0.05) is 22.9 Å². The van der Waals surface area contributed by atoms with Crippen molar-refractivity contribution in [2.24, 2.45) is 5.92 Å². The fourth-order valence-electron chi connectivity index (χ4n) is 1.52. The standard InChI is InChI=1S/C12H17BrFNS/c1-9(8-16-2)6-15-7-10-3-11(13)5-12(14)4-10/h3-5,9,15H,6-8H2,1-2H3. The molecule has 0 saturated carbocycles. The van der Waals surface area contributed by atoms with Gasteiger partial charge in [0.25, 0.3) is 0 Å². The molecule has 0 fully saturated rings. The van der Waals surface area contributed by atoms with Crippen molar-refractivity contribution >= 4 is 27.7 Å². The van der Waals surface area contributed by atoms with Crippen LogP contribution in [0.3, 0.4) is 0 Å². The highest BCUT2D eigenvalue weighted by Crippen LogP contribution is 2.14. The molecular formula is C12H17BrFNS. The zero-order valence-electron chi connectivity index (χ0n) is 9.59. The first-order chi connectivity index (χ1) is 7.61. The summed E-state index contributed by atoms with van der Waals surface area (Å²) in [6.45, 7) is 3.90. The summed E-state index contributed by atoms with van der Waals surface area (Å²) in [6, 6.07) is 4.98. The summed E-state index contributed by atoms with van der Waals surface area (Å²) < 4.78 is 13.9. The van der Waals surface area contributed by atoms with Gasteiger partial charge in [-0.05, 0) is 48.2 Å². The molecule has 0 amide bonds. The van der Waals surface area contributed by atoms with Gasteiger partial charge in [-0.25, -0.2) is 4.39 Å². The molecule has 0 aliphatic carbocycles. The highest BCUT2D eigenvalue weighted by Gasteiger charge is 2.02. The lowest BCUT2D eigenvalue weighted by Gasteiger charge is -2.11. The third-order valence-corrected chi connectivity index (χ3v) is 3.56. The maximum absolute atomic E-state index is 13.1. The Morgan fingerprint density at radius 2 is 2.19 bits per heavy atom. The summed E-state index contributed by atoms with van der Waals surface area (Å²) in [7, 11) is 0.